The summed E-state index contributed by atoms with van der Waals surface area (Å²) in [6, 6.07) is 0. The predicted molar refractivity (Wildman–Crippen MR) is 357 cm³/mol. The number of carbonyl (C=O) groups is 8. The summed E-state index contributed by atoms with van der Waals surface area (Å²) in [7, 11) is 5.50. The highest BCUT2D eigenvalue weighted by atomic mass is 16.7. The van der Waals surface area contributed by atoms with Crippen LogP contribution in [0.5, 0.6) is 0 Å². The number of rotatable bonds is 26. The number of unbranched alkanes of at least 4 members (excludes halogenated alkanes) is 8. The average Bonchev–Trinajstić information content (AvgIpc) is 0.764. The number of likely N-dealkylation sites (N-methyl/N-ethyl adjacent to an activating group) is 2. The zero-order chi connectivity index (χ0) is 68.9. The number of piperazine rings is 4. The minimum atomic E-state index is -0.911. The third-order valence-electron chi connectivity index (χ3n) is 21.0. The second kappa shape index (κ2) is 29.9. The first-order chi connectivity index (χ1) is 42.7. The van der Waals surface area contributed by atoms with Crippen molar-refractivity contribution in [1.29, 1.82) is 0 Å². The molecule has 1 aromatic heterocycles. The summed E-state index contributed by atoms with van der Waals surface area (Å²) >= 11 is 0. The van der Waals surface area contributed by atoms with Gasteiger partial charge in [-0.2, -0.15) is 25.1 Å². The van der Waals surface area contributed by atoms with Crippen molar-refractivity contribution in [1.82, 2.24) is 54.5 Å². The second-order valence-electron chi connectivity index (χ2n) is 31.0. The molecular formula is C69H119N13O10. The van der Waals surface area contributed by atoms with Gasteiger partial charge in [-0.1, -0.05) is 90.4 Å². The molecule has 0 spiro atoms. The van der Waals surface area contributed by atoms with Gasteiger partial charge in [0.2, 0.25) is 35.5 Å². The van der Waals surface area contributed by atoms with Crippen LogP contribution >= 0.6 is 0 Å². The smallest absolute Gasteiger partial charge is 0.251 e. The van der Waals surface area contributed by atoms with E-state index < -0.39 is 44.3 Å². The zero-order valence-electron chi connectivity index (χ0n) is 60.6. The van der Waals surface area contributed by atoms with Crippen LogP contribution in [-0.4, -0.2) is 225 Å². The molecule has 0 aromatic carbocycles. The van der Waals surface area contributed by atoms with Crippen LogP contribution in [0.4, 0.5) is 11.9 Å². The number of aromatic nitrogens is 3. The van der Waals surface area contributed by atoms with Crippen molar-refractivity contribution < 1.29 is 48.0 Å². The van der Waals surface area contributed by atoms with Gasteiger partial charge in [-0.15, -0.1) is 0 Å². The van der Waals surface area contributed by atoms with Crippen LogP contribution < -0.4 is 9.80 Å². The van der Waals surface area contributed by atoms with E-state index in [1.165, 1.54) is 32.4 Å². The highest BCUT2D eigenvalue weighted by molar-refractivity contribution is 6.08. The number of amides is 8. The molecule has 2 saturated carbocycles. The summed E-state index contributed by atoms with van der Waals surface area (Å²) in [6.45, 7) is 35.7. The highest BCUT2D eigenvalue weighted by Crippen LogP contribution is 2.40. The molecular weight excluding hydrogens is 1170 g/mol. The fraction of sp³-hybridized carbons (Fsp3) is 0.841. The van der Waals surface area contributed by atoms with Gasteiger partial charge >= 0.3 is 0 Å². The molecule has 0 radical (unpaired) electrons. The molecule has 1 aromatic rings. The Kier molecular flexibility index (Phi) is 24.7. The largest absolute Gasteiger partial charge is 0.344 e. The minimum absolute atomic E-state index is 0.0650. The van der Waals surface area contributed by atoms with E-state index in [1.807, 2.05) is 128 Å². The predicted octanol–water partition coefficient (Wildman–Crippen LogP) is 9.03. The van der Waals surface area contributed by atoms with Crippen LogP contribution in [0.25, 0.3) is 0 Å². The summed E-state index contributed by atoms with van der Waals surface area (Å²) in [4.78, 5) is 148. The molecule has 7 rings (SSSR count). The molecule has 4 aliphatic heterocycles. The number of hydrogen-bond acceptors (Lipinski definition) is 19. The van der Waals surface area contributed by atoms with Crippen LogP contribution in [0.3, 0.4) is 0 Å². The zero-order valence-corrected chi connectivity index (χ0v) is 60.6. The Morgan fingerprint density at radius 1 is 0.380 bits per heavy atom. The lowest BCUT2D eigenvalue weighted by Crippen LogP contribution is -2.74. The number of imide groups is 4. The lowest BCUT2D eigenvalue weighted by molar-refractivity contribution is -0.295. The molecule has 0 unspecified atom stereocenters. The topological polar surface area (TPSA) is 226 Å². The Bertz CT molecular complexity index is 2540. The summed E-state index contributed by atoms with van der Waals surface area (Å²) < 4.78 is 0. The molecule has 4 saturated heterocycles. The molecule has 2 aliphatic carbocycles. The van der Waals surface area contributed by atoms with Crippen LogP contribution in [0, 0.1) is 6.92 Å². The average molecular weight is 1290 g/mol. The Hall–Kier alpha value is -5.07. The Morgan fingerprint density at radius 3 is 0.978 bits per heavy atom. The van der Waals surface area contributed by atoms with E-state index >= 15 is 0 Å². The van der Waals surface area contributed by atoms with Crippen molar-refractivity contribution in [3.63, 3.8) is 0 Å². The molecule has 92 heavy (non-hydrogen) atoms. The third kappa shape index (κ3) is 15.9. The van der Waals surface area contributed by atoms with Crippen molar-refractivity contribution in [2.45, 2.75) is 310 Å². The Morgan fingerprint density at radius 2 is 0.663 bits per heavy atom. The summed E-state index contributed by atoms with van der Waals surface area (Å²) in [6.07, 6.45) is 20.7. The standard InChI is InChI=1S/C38H66N4O6.C31H53N9O4/c1-35(2)31(43)39(32(44)36(3,4)41(35)47-29-23-17-15-18-24-29)27-21-13-11-9-10-12-14-22-28-40-33(45)37(5,6)42(38(7,8)34(40)46)48-30-25-19-16-20-26-30;1-14-15-16-35(11)26-32-21(2)33-27(34-26)38(17-19-39-22(41)28(3,4)36(12)29(5,6)23(39)42)18-20-40-24(43)30(7,8)37(13)31(9,10)25(40)44/h29-30H,9-28H2,1-8H3;14-20H2,1-13H3. The first-order valence-corrected chi connectivity index (χ1v) is 34.7. The quantitative estimate of drug-likeness (QED) is 0.0622. The molecule has 6 fully saturated rings. The van der Waals surface area contributed by atoms with Crippen molar-refractivity contribution in [2.75, 3.05) is 76.8 Å². The van der Waals surface area contributed by atoms with E-state index in [4.69, 9.17) is 14.7 Å². The summed E-state index contributed by atoms with van der Waals surface area (Å²) in [5.74, 6) is -0.476. The number of nitrogens with zero attached hydrogens (tertiary/aromatic N) is 13. The fourth-order valence-electron chi connectivity index (χ4n) is 14.3. The normalized spacial score (nSPS) is 23.8. The number of hydrogen-bond donors (Lipinski definition) is 0. The van der Waals surface area contributed by atoms with Crippen LogP contribution in [-0.2, 0) is 48.0 Å². The maximum atomic E-state index is 13.6. The monoisotopic (exact) mass is 1290 g/mol. The molecule has 5 heterocycles. The molecule has 0 bridgehead atoms. The molecule has 0 atom stereocenters. The Balaban J connectivity index is 0.000000293. The van der Waals surface area contributed by atoms with Gasteiger partial charge in [-0.3, -0.25) is 77.4 Å². The van der Waals surface area contributed by atoms with Crippen molar-refractivity contribution in [2.24, 2.45) is 0 Å². The van der Waals surface area contributed by atoms with E-state index in [9.17, 15) is 38.4 Å². The minimum Gasteiger partial charge on any atom is -0.344 e. The van der Waals surface area contributed by atoms with Gasteiger partial charge in [0.05, 0.1) is 34.4 Å². The maximum Gasteiger partial charge on any atom is 0.251 e. The van der Waals surface area contributed by atoms with Gasteiger partial charge in [0.25, 0.3) is 23.6 Å². The molecule has 0 N–H and O–H groups in total. The lowest BCUT2D eigenvalue weighted by Gasteiger charge is -2.53. The van der Waals surface area contributed by atoms with Gasteiger partial charge < -0.3 is 9.80 Å². The highest BCUT2D eigenvalue weighted by Gasteiger charge is 2.60. The summed E-state index contributed by atoms with van der Waals surface area (Å²) in [5.41, 5.74) is -7.21. The number of carbonyl (C=O) groups excluding carboxylic acids is 8. The SMILES string of the molecule is CC1(C)C(=O)N(CCCCCCCCCCN2C(=O)C(C)(C)N(OC3CCCCC3)C(C)(C)C2=O)C(=O)C(C)(C)N1OC1CCCCC1.CCCCN(C)c1nc(C)nc(N(CCN2C(=O)C(C)(C)N(C)C(C)(C)C2=O)CCN2C(=O)C(C)(C)N(C)C(C)(C)C2=O)n1. The van der Waals surface area contributed by atoms with E-state index in [2.05, 4.69) is 16.9 Å². The van der Waals surface area contributed by atoms with E-state index in [0.29, 0.717) is 30.8 Å². The molecule has 6 aliphatic rings. The van der Waals surface area contributed by atoms with Gasteiger partial charge in [0, 0.05) is 52.9 Å². The van der Waals surface area contributed by atoms with E-state index in [1.54, 1.807) is 40.9 Å². The van der Waals surface area contributed by atoms with Crippen LogP contribution in [0.1, 0.15) is 252 Å². The second-order valence-corrected chi connectivity index (χ2v) is 31.0. The van der Waals surface area contributed by atoms with Crippen molar-refractivity contribution in [3.05, 3.63) is 5.82 Å². The summed E-state index contributed by atoms with van der Waals surface area (Å²) in [5, 5.41) is 3.38. The molecule has 23 heteroatoms. The lowest BCUT2D eigenvalue weighted by atomic mass is 9.87. The fourth-order valence-corrected chi connectivity index (χ4v) is 14.3. The van der Waals surface area contributed by atoms with E-state index in [0.717, 1.165) is 122 Å². The molecule has 520 valence electrons. The van der Waals surface area contributed by atoms with Gasteiger partial charge in [0.15, 0.2) is 0 Å². The Labute approximate surface area is 551 Å². The van der Waals surface area contributed by atoms with Gasteiger partial charge in [-0.25, -0.2) is 0 Å². The molecule has 8 amide bonds. The molecule has 23 nitrogen and oxygen atoms in total. The van der Waals surface area contributed by atoms with Crippen molar-refractivity contribution in [3.8, 4) is 0 Å². The van der Waals surface area contributed by atoms with Gasteiger partial charge in [0.1, 0.15) is 28.0 Å². The van der Waals surface area contributed by atoms with Gasteiger partial charge in [-0.05, 0) is 177 Å². The van der Waals surface area contributed by atoms with Crippen molar-refractivity contribution >= 4 is 59.2 Å². The third-order valence-corrected chi connectivity index (χ3v) is 21.0. The van der Waals surface area contributed by atoms with E-state index in [-0.39, 0.29) is 85.6 Å². The number of hydroxylamine groups is 4. The number of anilines is 2. The first kappa shape index (κ1) is 76.0. The number of aryl methyl sites for hydroxylation is 1. The first-order valence-electron chi connectivity index (χ1n) is 34.7. The van der Waals surface area contributed by atoms with Crippen LogP contribution in [0.2, 0.25) is 0 Å². The van der Waals surface area contributed by atoms with Crippen LogP contribution in [0.15, 0.2) is 0 Å². The maximum absolute atomic E-state index is 13.6.